The summed E-state index contributed by atoms with van der Waals surface area (Å²) in [6.07, 6.45) is 2.81. The van der Waals surface area contributed by atoms with E-state index in [1.165, 1.54) is 6.66 Å². The van der Waals surface area contributed by atoms with Gasteiger partial charge >= 0.3 is 13.8 Å². The van der Waals surface area contributed by atoms with Crippen molar-refractivity contribution in [2.24, 2.45) is 0 Å². The molecule has 2 fully saturated rings. The Labute approximate surface area is 119 Å². The van der Waals surface area contributed by atoms with Gasteiger partial charge in [-0.15, -0.1) is 0 Å². The molecule has 1 spiro atoms. The molecule has 0 bridgehead atoms. The summed E-state index contributed by atoms with van der Waals surface area (Å²) in [4.78, 5) is 21.3. The van der Waals surface area contributed by atoms with Crippen molar-refractivity contribution in [1.29, 1.82) is 0 Å². The second-order valence-corrected chi connectivity index (χ2v) is 6.31. The summed E-state index contributed by atoms with van der Waals surface area (Å²) in [6, 6.07) is 0. The van der Waals surface area contributed by atoms with Gasteiger partial charge in [0.1, 0.15) is 12.4 Å². The third-order valence-corrected chi connectivity index (χ3v) is 3.74. The third kappa shape index (κ3) is 6.07. The number of hydrogen-bond acceptors (Lipinski definition) is 6. The van der Waals surface area contributed by atoms with Crippen molar-refractivity contribution in [3.05, 3.63) is 0 Å². The number of carbonyl (C=O) groups is 2. The number of Topliss-reactive ketones (excluding diaryl/α,β-unsaturated/α-hetero) is 1. The predicted octanol–water partition coefficient (Wildman–Crippen LogP) is 1.88. The Balaban J connectivity index is 0.000000206. The summed E-state index contributed by atoms with van der Waals surface area (Å²) in [7, 11) is -1.38. The van der Waals surface area contributed by atoms with Crippen LogP contribution in [0.2, 0.25) is 0 Å². The van der Waals surface area contributed by atoms with E-state index in [-0.39, 0.29) is 17.9 Å². The van der Waals surface area contributed by atoms with Gasteiger partial charge in [0.25, 0.3) is 0 Å². The fourth-order valence-corrected chi connectivity index (χ4v) is 2.54. The first-order valence-electron chi connectivity index (χ1n) is 6.81. The summed E-state index contributed by atoms with van der Waals surface area (Å²) in [5.74, 6) is -0.399. The Morgan fingerprint density at radius 1 is 1.30 bits per heavy atom. The van der Waals surface area contributed by atoms with E-state index in [1.807, 2.05) is 0 Å². The van der Waals surface area contributed by atoms with Crippen molar-refractivity contribution in [2.45, 2.75) is 38.4 Å². The van der Waals surface area contributed by atoms with Crippen LogP contribution in [0.4, 0.5) is 0 Å². The van der Waals surface area contributed by atoms with Crippen molar-refractivity contribution < 1.29 is 28.4 Å². The number of ether oxygens (including phenoxy) is 3. The molecule has 2 aliphatic rings. The van der Waals surface area contributed by atoms with Crippen LogP contribution in [0.25, 0.3) is 0 Å². The molecule has 0 N–H and O–H groups in total. The van der Waals surface area contributed by atoms with Gasteiger partial charge in [0.15, 0.2) is 5.79 Å². The Morgan fingerprint density at radius 3 is 2.30 bits per heavy atom. The Kier molecular flexibility index (Phi) is 7.27. The number of esters is 1. The maximum atomic E-state index is 10.9. The molecular formula is C13H22O6P+. The largest absolute Gasteiger partial charge is 0.463 e. The van der Waals surface area contributed by atoms with Crippen LogP contribution in [0.1, 0.15) is 32.6 Å². The van der Waals surface area contributed by atoms with Crippen molar-refractivity contribution in [3.63, 3.8) is 0 Å². The zero-order valence-corrected chi connectivity index (χ0v) is 12.9. The fraction of sp³-hybridized carbons (Fsp3) is 0.846. The Bertz CT molecular complexity index is 350. The molecule has 0 aromatic rings. The lowest BCUT2D eigenvalue weighted by Crippen LogP contribution is -2.35. The molecule has 6 nitrogen and oxygen atoms in total. The highest BCUT2D eigenvalue weighted by molar-refractivity contribution is 7.44. The molecule has 1 aliphatic carbocycles. The lowest BCUT2D eigenvalue weighted by molar-refractivity contribution is -0.179. The van der Waals surface area contributed by atoms with E-state index in [9.17, 15) is 14.2 Å². The molecule has 0 radical (unpaired) electrons. The average Bonchev–Trinajstić information content (AvgIpc) is 2.82. The SMILES string of the molecule is CCOC(=O)C[P+](C)=O.O=C1CCC2(CC1)OCCO2. The van der Waals surface area contributed by atoms with Crippen LogP contribution in [-0.4, -0.2) is 50.2 Å². The molecule has 2 rings (SSSR count). The zero-order valence-electron chi connectivity index (χ0n) is 12.1. The monoisotopic (exact) mass is 305 g/mol. The van der Waals surface area contributed by atoms with E-state index in [4.69, 9.17) is 9.47 Å². The smallest absolute Gasteiger partial charge is 0.354 e. The second-order valence-electron chi connectivity index (χ2n) is 4.74. The van der Waals surface area contributed by atoms with Gasteiger partial charge in [-0.3, -0.25) is 4.79 Å². The van der Waals surface area contributed by atoms with Crippen LogP contribution in [0, 0.1) is 0 Å². The minimum absolute atomic E-state index is 0.0448. The summed E-state index contributed by atoms with van der Waals surface area (Å²) < 4.78 is 25.8. The molecule has 0 aromatic heterocycles. The lowest BCUT2D eigenvalue weighted by Gasteiger charge is -2.30. The summed E-state index contributed by atoms with van der Waals surface area (Å²) >= 11 is 0. The highest BCUT2D eigenvalue weighted by Crippen LogP contribution is 2.33. The molecule has 114 valence electrons. The Morgan fingerprint density at radius 2 is 1.85 bits per heavy atom. The normalized spacial score (nSPS) is 21.1. The van der Waals surface area contributed by atoms with Gasteiger partial charge in [0, 0.05) is 25.7 Å². The summed E-state index contributed by atoms with van der Waals surface area (Å²) in [5, 5.41) is 0. The van der Waals surface area contributed by atoms with Gasteiger partial charge in [-0.2, -0.15) is 0 Å². The van der Waals surface area contributed by atoms with Crippen molar-refractivity contribution >= 4 is 19.6 Å². The molecule has 7 heteroatoms. The number of hydrogen-bond donors (Lipinski definition) is 0. The quantitative estimate of drug-likeness (QED) is 0.585. The molecule has 1 saturated carbocycles. The summed E-state index contributed by atoms with van der Waals surface area (Å²) in [5.41, 5.74) is 0. The zero-order chi connectivity index (χ0) is 15.0. The van der Waals surface area contributed by atoms with Gasteiger partial charge in [-0.25, -0.2) is 4.79 Å². The van der Waals surface area contributed by atoms with Gasteiger partial charge in [0.2, 0.25) is 6.16 Å². The first-order chi connectivity index (χ1) is 9.47. The lowest BCUT2D eigenvalue weighted by atomic mass is 9.93. The van der Waals surface area contributed by atoms with E-state index >= 15 is 0 Å². The highest BCUT2D eigenvalue weighted by atomic mass is 31.1. The predicted molar refractivity (Wildman–Crippen MR) is 73.1 cm³/mol. The number of carbonyl (C=O) groups excluding carboxylic acids is 2. The summed E-state index contributed by atoms with van der Waals surface area (Å²) in [6.45, 7) is 4.97. The van der Waals surface area contributed by atoms with Crippen molar-refractivity contribution in [1.82, 2.24) is 0 Å². The van der Waals surface area contributed by atoms with Gasteiger partial charge in [-0.1, -0.05) is 4.57 Å². The first-order valence-corrected chi connectivity index (χ1v) is 8.70. The van der Waals surface area contributed by atoms with Gasteiger partial charge in [-0.05, 0) is 6.92 Å². The van der Waals surface area contributed by atoms with Crippen molar-refractivity contribution in [3.8, 4) is 0 Å². The molecule has 1 unspecified atom stereocenters. The minimum atomic E-state index is -1.38. The number of rotatable bonds is 3. The average molecular weight is 305 g/mol. The van der Waals surface area contributed by atoms with Crippen molar-refractivity contribution in [2.75, 3.05) is 32.6 Å². The number of ketones is 1. The van der Waals surface area contributed by atoms with Crippen LogP contribution < -0.4 is 0 Å². The molecule has 20 heavy (non-hydrogen) atoms. The van der Waals surface area contributed by atoms with Crippen LogP contribution in [0.15, 0.2) is 0 Å². The molecule has 1 heterocycles. The maximum absolute atomic E-state index is 10.9. The first kappa shape index (κ1) is 17.2. The van der Waals surface area contributed by atoms with E-state index in [0.717, 1.165) is 12.8 Å². The van der Waals surface area contributed by atoms with E-state index in [2.05, 4.69) is 4.74 Å². The van der Waals surface area contributed by atoms with Gasteiger partial charge < -0.3 is 14.2 Å². The maximum Gasteiger partial charge on any atom is 0.354 e. The fourth-order valence-electron chi connectivity index (χ4n) is 2.08. The van der Waals surface area contributed by atoms with E-state index < -0.39 is 7.80 Å². The van der Waals surface area contributed by atoms with Crippen LogP contribution in [0.5, 0.6) is 0 Å². The van der Waals surface area contributed by atoms with E-state index in [0.29, 0.717) is 38.4 Å². The molecular weight excluding hydrogens is 283 g/mol. The van der Waals surface area contributed by atoms with Gasteiger partial charge in [0.05, 0.1) is 19.8 Å². The Hall–Kier alpha value is -0.840. The standard InChI is InChI=1S/C8H12O3.C5H10O3P/c9-7-1-3-8(4-2-7)10-5-6-11-8;1-3-8-5(6)4-9(2)7/h1-6H2;3-4H2,1-2H3/q;+1. The molecule has 0 aromatic carbocycles. The third-order valence-electron chi connectivity index (χ3n) is 3.04. The second kappa shape index (κ2) is 8.45. The topological polar surface area (TPSA) is 78.9 Å². The molecule has 1 saturated heterocycles. The van der Waals surface area contributed by atoms with Crippen LogP contribution in [0.3, 0.4) is 0 Å². The molecule has 1 atom stereocenters. The van der Waals surface area contributed by atoms with Crippen LogP contribution >= 0.6 is 7.80 Å². The minimum Gasteiger partial charge on any atom is -0.463 e. The molecule has 1 aliphatic heterocycles. The van der Waals surface area contributed by atoms with E-state index in [1.54, 1.807) is 6.92 Å². The van der Waals surface area contributed by atoms with Crippen LogP contribution in [-0.2, 0) is 28.4 Å². The molecule has 0 amide bonds. The highest BCUT2D eigenvalue weighted by Gasteiger charge is 2.39.